The van der Waals surface area contributed by atoms with Crippen LogP contribution in [0, 0.1) is 0 Å². The predicted octanol–water partition coefficient (Wildman–Crippen LogP) is -0.290. The lowest BCUT2D eigenvalue weighted by molar-refractivity contribution is -0.168. The molecule has 1 rings (SSSR count). The Balaban J connectivity index is 2.95. The van der Waals surface area contributed by atoms with Crippen molar-refractivity contribution in [2.75, 3.05) is 46.1 Å². The topological polar surface area (TPSA) is 94.2 Å². The maximum atomic E-state index is 12.4. The van der Waals surface area contributed by atoms with E-state index in [-0.39, 0.29) is 19.6 Å². The van der Waals surface area contributed by atoms with E-state index in [1.165, 1.54) is 6.92 Å². The third-order valence-electron chi connectivity index (χ3n) is 3.54. The highest BCUT2D eigenvalue weighted by atomic mass is 16.6. The molecule has 1 aliphatic rings. The van der Waals surface area contributed by atoms with Crippen molar-refractivity contribution in [1.29, 1.82) is 0 Å². The quantitative estimate of drug-likeness (QED) is 0.483. The first-order valence-electron chi connectivity index (χ1n) is 7.89. The van der Waals surface area contributed by atoms with Crippen molar-refractivity contribution in [3.05, 3.63) is 0 Å². The van der Waals surface area contributed by atoms with Crippen LogP contribution in [0.4, 0.5) is 0 Å². The number of ether oxygens (including phenoxy) is 3. The smallest absolute Gasteiger partial charge is 0.343 e. The Morgan fingerprint density at radius 1 is 1.09 bits per heavy atom. The van der Waals surface area contributed by atoms with Crippen LogP contribution < -0.4 is 5.32 Å². The molecule has 0 bridgehead atoms. The van der Waals surface area contributed by atoms with Gasteiger partial charge in [-0.2, -0.15) is 0 Å². The highest BCUT2D eigenvalue weighted by Crippen LogP contribution is 2.18. The molecule has 0 atom stereocenters. The van der Waals surface area contributed by atoms with E-state index in [9.17, 15) is 14.4 Å². The van der Waals surface area contributed by atoms with E-state index < -0.39 is 23.4 Å². The van der Waals surface area contributed by atoms with Crippen molar-refractivity contribution in [3.63, 3.8) is 0 Å². The number of hydrogen-bond acceptors (Lipinski definition) is 7. The third kappa shape index (κ3) is 5.47. The molecule has 1 N–H and O–H groups in total. The van der Waals surface area contributed by atoms with Crippen LogP contribution in [0.25, 0.3) is 0 Å². The van der Waals surface area contributed by atoms with E-state index in [1.807, 2.05) is 0 Å². The zero-order valence-corrected chi connectivity index (χ0v) is 14.1. The van der Waals surface area contributed by atoms with E-state index in [2.05, 4.69) is 10.2 Å². The number of nitrogens with zero attached hydrogens (tertiary/aromatic N) is 1. The molecule has 0 radical (unpaired) electrons. The SMILES string of the molecule is CCOC(=O)C(CCN1CCOCC1)(NC(C)=O)C(=O)OCC. The zero-order chi connectivity index (χ0) is 17.3. The lowest BCUT2D eigenvalue weighted by Gasteiger charge is -2.33. The molecule has 8 nitrogen and oxygen atoms in total. The molecule has 132 valence electrons. The summed E-state index contributed by atoms with van der Waals surface area (Å²) in [4.78, 5) is 38.5. The molecule has 0 aromatic rings. The van der Waals surface area contributed by atoms with Crippen LogP contribution in [0.1, 0.15) is 27.2 Å². The molecule has 0 spiro atoms. The Kier molecular flexibility index (Phi) is 7.97. The lowest BCUT2D eigenvalue weighted by atomic mass is 9.94. The Morgan fingerprint density at radius 2 is 1.61 bits per heavy atom. The van der Waals surface area contributed by atoms with Gasteiger partial charge < -0.3 is 19.5 Å². The van der Waals surface area contributed by atoms with Crippen molar-refractivity contribution in [3.8, 4) is 0 Å². The van der Waals surface area contributed by atoms with Crippen LogP contribution in [0.15, 0.2) is 0 Å². The molecule has 1 aliphatic heterocycles. The monoisotopic (exact) mass is 330 g/mol. The summed E-state index contributed by atoms with van der Waals surface area (Å²) in [6.45, 7) is 7.83. The number of morpholine rings is 1. The van der Waals surface area contributed by atoms with Crippen molar-refractivity contribution in [2.45, 2.75) is 32.7 Å². The van der Waals surface area contributed by atoms with Gasteiger partial charge in [0.1, 0.15) is 0 Å². The van der Waals surface area contributed by atoms with E-state index in [0.717, 1.165) is 0 Å². The molecule has 1 heterocycles. The molecule has 0 aliphatic carbocycles. The summed E-state index contributed by atoms with van der Waals surface area (Å²) in [6.07, 6.45) is 0.0875. The highest BCUT2D eigenvalue weighted by molar-refractivity contribution is 6.07. The van der Waals surface area contributed by atoms with Crippen LogP contribution in [0.2, 0.25) is 0 Å². The average molecular weight is 330 g/mol. The summed E-state index contributed by atoms with van der Waals surface area (Å²) in [5, 5.41) is 2.46. The van der Waals surface area contributed by atoms with Crippen molar-refractivity contribution in [1.82, 2.24) is 10.2 Å². The highest BCUT2D eigenvalue weighted by Gasteiger charge is 2.49. The summed E-state index contributed by atoms with van der Waals surface area (Å²) in [7, 11) is 0. The molecule has 0 aromatic carbocycles. The van der Waals surface area contributed by atoms with E-state index >= 15 is 0 Å². The van der Waals surface area contributed by atoms with Crippen LogP contribution in [0.3, 0.4) is 0 Å². The molecule has 23 heavy (non-hydrogen) atoms. The number of hydrogen-bond donors (Lipinski definition) is 1. The van der Waals surface area contributed by atoms with Crippen LogP contribution in [-0.2, 0) is 28.6 Å². The standard InChI is InChI=1S/C15H26N2O6/c1-4-22-13(19)15(16-12(3)18,14(20)23-5-2)6-7-17-8-10-21-11-9-17/h4-11H2,1-3H3,(H,16,18). The molecule has 1 fully saturated rings. The molecule has 0 unspecified atom stereocenters. The Hall–Kier alpha value is -1.67. The Labute approximate surface area is 136 Å². The molecular formula is C15H26N2O6. The molecular weight excluding hydrogens is 304 g/mol. The Bertz CT molecular complexity index is 402. The van der Waals surface area contributed by atoms with E-state index in [4.69, 9.17) is 14.2 Å². The number of nitrogens with one attached hydrogen (secondary N) is 1. The van der Waals surface area contributed by atoms with Gasteiger partial charge in [0.05, 0.1) is 26.4 Å². The van der Waals surface area contributed by atoms with Crippen molar-refractivity contribution >= 4 is 17.8 Å². The summed E-state index contributed by atoms with van der Waals surface area (Å²) in [5.41, 5.74) is -1.81. The second-order valence-corrected chi connectivity index (χ2v) is 5.23. The van der Waals surface area contributed by atoms with Gasteiger partial charge in [-0.15, -0.1) is 0 Å². The van der Waals surface area contributed by atoms with Gasteiger partial charge in [0, 0.05) is 33.0 Å². The Morgan fingerprint density at radius 3 is 2.04 bits per heavy atom. The number of carbonyl (C=O) groups is 3. The van der Waals surface area contributed by atoms with Crippen LogP contribution >= 0.6 is 0 Å². The average Bonchev–Trinajstić information content (AvgIpc) is 2.52. The molecule has 8 heteroatoms. The minimum absolute atomic E-state index is 0.0875. The number of amides is 1. The third-order valence-corrected chi connectivity index (χ3v) is 3.54. The predicted molar refractivity (Wildman–Crippen MR) is 81.7 cm³/mol. The zero-order valence-electron chi connectivity index (χ0n) is 14.1. The van der Waals surface area contributed by atoms with E-state index in [0.29, 0.717) is 32.8 Å². The van der Waals surface area contributed by atoms with Crippen molar-refractivity contribution in [2.24, 2.45) is 0 Å². The molecule has 0 saturated carbocycles. The first-order chi connectivity index (χ1) is 11.0. The summed E-state index contributed by atoms with van der Waals surface area (Å²) < 4.78 is 15.3. The van der Waals surface area contributed by atoms with Gasteiger partial charge in [-0.3, -0.25) is 9.69 Å². The summed E-state index contributed by atoms with van der Waals surface area (Å²) >= 11 is 0. The summed E-state index contributed by atoms with van der Waals surface area (Å²) in [6, 6.07) is 0. The normalized spacial score (nSPS) is 15.8. The maximum Gasteiger partial charge on any atom is 0.343 e. The van der Waals surface area contributed by atoms with Gasteiger partial charge in [0.15, 0.2) is 0 Å². The first kappa shape index (κ1) is 19.4. The second-order valence-electron chi connectivity index (χ2n) is 5.23. The number of esters is 2. The fourth-order valence-electron chi connectivity index (χ4n) is 2.41. The van der Waals surface area contributed by atoms with Gasteiger partial charge in [-0.25, -0.2) is 9.59 Å². The minimum atomic E-state index is -1.81. The van der Waals surface area contributed by atoms with Gasteiger partial charge in [0.25, 0.3) is 0 Å². The fraction of sp³-hybridized carbons (Fsp3) is 0.800. The van der Waals surface area contributed by atoms with Gasteiger partial charge >= 0.3 is 11.9 Å². The molecule has 1 amide bonds. The van der Waals surface area contributed by atoms with Gasteiger partial charge in [0.2, 0.25) is 11.4 Å². The van der Waals surface area contributed by atoms with Crippen LogP contribution in [-0.4, -0.2) is 74.3 Å². The van der Waals surface area contributed by atoms with Gasteiger partial charge in [-0.1, -0.05) is 0 Å². The fourth-order valence-corrected chi connectivity index (χ4v) is 2.41. The lowest BCUT2D eigenvalue weighted by Crippen LogP contribution is -2.62. The summed E-state index contributed by atoms with van der Waals surface area (Å²) in [5.74, 6) is -2.07. The number of carbonyl (C=O) groups excluding carboxylic acids is 3. The minimum Gasteiger partial charge on any atom is -0.464 e. The maximum absolute atomic E-state index is 12.4. The van der Waals surface area contributed by atoms with E-state index in [1.54, 1.807) is 13.8 Å². The largest absolute Gasteiger partial charge is 0.464 e. The van der Waals surface area contributed by atoms with Crippen molar-refractivity contribution < 1.29 is 28.6 Å². The number of rotatable bonds is 8. The second kappa shape index (κ2) is 9.46. The van der Waals surface area contributed by atoms with Crippen LogP contribution in [0.5, 0.6) is 0 Å². The van der Waals surface area contributed by atoms with Gasteiger partial charge in [-0.05, 0) is 13.8 Å². The molecule has 0 aromatic heterocycles. The first-order valence-corrected chi connectivity index (χ1v) is 7.89. The molecule has 1 saturated heterocycles.